The van der Waals surface area contributed by atoms with Crippen LogP contribution in [-0.2, 0) is 12.8 Å². The van der Waals surface area contributed by atoms with Gasteiger partial charge in [0.25, 0.3) is 0 Å². The van der Waals surface area contributed by atoms with Gasteiger partial charge in [0, 0.05) is 6.04 Å². The molecule has 0 bridgehead atoms. The highest BCUT2D eigenvalue weighted by Gasteiger charge is 2.22. The van der Waals surface area contributed by atoms with E-state index in [0.717, 1.165) is 30.5 Å². The normalized spacial score (nSPS) is 15.7. The van der Waals surface area contributed by atoms with Gasteiger partial charge in [0.05, 0.1) is 21.3 Å². The Balaban J connectivity index is 0.00000225. The maximum atomic E-state index is 9.82. The number of phenols is 1. The second kappa shape index (κ2) is 8.32. The third-order valence-electron chi connectivity index (χ3n) is 4.45. The van der Waals surface area contributed by atoms with Crippen LogP contribution in [-0.4, -0.2) is 33.0 Å². The number of phenolic OH excluding ortho intramolecular Hbond substituents is 1. The van der Waals surface area contributed by atoms with Crippen LogP contribution in [0.1, 0.15) is 22.7 Å². The van der Waals surface area contributed by atoms with Gasteiger partial charge in [-0.3, -0.25) is 0 Å². The first-order valence-electron chi connectivity index (χ1n) is 8.00. The minimum Gasteiger partial charge on any atom is -0.508 e. The first kappa shape index (κ1) is 19.2. The van der Waals surface area contributed by atoms with Gasteiger partial charge in [-0.2, -0.15) is 0 Å². The molecule has 0 spiro atoms. The SMILES string of the molecule is COc1cc(CC2NCCc3ccc(O)cc32)cc(OC)c1OC.Cl. The van der Waals surface area contributed by atoms with Crippen LogP contribution in [0.15, 0.2) is 30.3 Å². The minimum absolute atomic E-state index is 0. The van der Waals surface area contributed by atoms with Crippen molar-refractivity contribution in [2.75, 3.05) is 27.9 Å². The van der Waals surface area contributed by atoms with E-state index in [4.69, 9.17) is 14.2 Å². The smallest absolute Gasteiger partial charge is 0.203 e. The predicted molar refractivity (Wildman–Crippen MR) is 99.6 cm³/mol. The van der Waals surface area contributed by atoms with Crippen LogP contribution in [0, 0.1) is 0 Å². The second-order valence-electron chi connectivity index (χ2n) is 5.88. The molecule has 25 heavy (non-hydrogen) atoms. The highest BCUT2D eigenvalue weighted by atomic mass is 35.5. The van der Waals surface area contributed by atoms with Crippen molar-refractivity contribution in [2.45, 2.75) is 18.9 Å². The van der Waals surface area contributed by atoms with Crippen LogP contribution in [0.5, 0.6) is 23.0 Å². The fraction of sp³-hybridized carbons (Fsp3) is 0.368. The van der Waals surface area contributed by atoms with Gasteiger partial charge < -0.3 is 24.6 Å². The van der Waals surface area contributed by atoms with Crippen LogP contribution < -0.4 is 19.5 Å². The van der Waals surface area contributed by atoms with E-state index in [1.807, 2.05) is 24.3 Å². The van der Waals surface area contributed by atoms with Gasteiger partial charge in [-0.15, -0.1) is 12.4 Å². The topological polar surface area (TPSA) is 60.0 Å². The summed E-state index contributed by atoms with van der Waals surface area (Å²) in [6.45, 7) is 0.923. The van der Waals surface area contributed by atoms with Crippen molar-refractivity contribution in [1.82, 2.24) is 5.32 Å². The van der Waals surface area contributed by atoms with Crippen molar-refractivity contribution < 1.29 is 19.3 Å². The summed E-state index contributed by atoms with van der Waals surface area (Å²) in [5.74, 6) is 2.20. The fourth-order valence-corrected chi connectivity index (χ4v) is 3.30. The Kier molecular flexibility index (Phi) is 6.39. The molecule has 0 aliphatic carbocycles. The zero-order chi connectivity index (χ0) is 17.1. The number of hydrogen-bond acceptors (Lipinski definition) is 5. The third-order valence-corrected chi connectivity index (χ3v) is 4.45. The fourth-order valence-electron chi connectivity index (χ4n) is 3.30. The molecule has 1 unspecified atom stereocenters. The number of nitrogens with one attached hydrogen (secondary N) is 1. The number of fused-ring (bicyclic) bond motifs is 1. The summed E-state index contributed by atoms with van der Waals surface area (Å²) in [5.41, 5.74) is 3.51. The zero-order valence-corrected chi connectivity index (χ0v) is 15.5. The Morgan fingerprint density at radius 2 is 1.72 bits per heavy atom. The Bertz CT molecular complexity index is 710. The van der Waals surface area contributed by atoms with Gasteiger partial charge in [0.15, 0.2) is 11.5 Å². The van der Waals surface area contributed by atoms with E-state index in [1.165, 1.54) is 5.56 Å². The highest BCUT2D eigenvalue weighted by molar-refractivity contribution is 5.85. The molecular weight excluding hydrogens is 342 g/mol. The first-order chi connectivity index (χ1) is 11.7. The van der Waals surface area contributed by atoms with E-state index in [-0.39, 0.29) is 18.4 Å². The van der Waals surface area contributed by atoms with Crippen molar-refractivity contribution >= 4 is 12.4 Å². The van der Waals surface area contributed by atoms with Crippen molar-refractivity contribution in [3.63, 3.8) is 0 Å². The molecule has 0 aromatic heterocycles. The quantitative estimate of drug-likeness (QED) is 0.851. The van der Waals surface area contributed by atoms with Crippen LogP contribution in [0.2, 0.25) is 0 Å². The van der Waals surface area contributed by atoms with Crippen molar-refractivity contribution in [3.05, 3.63) is 47.0 Å². The molecule has 0 saturated heterocycles. The Morgan fingerprint density at radius 3 is 2.32 bits per heavy atom. The standard InChI is InChI=1S/C19H23NO4.ClH/c1-22-17-9-12(10-18(23-2)19(17)24-3)8-16-15-11-14(21)5-4-13(15)6-7-20-16;/h4-5,9-11,16,20-21H,6-8H2,1-3H3;1H. The molecule has 3 rings (SSSR count). The summed E-state index contributed by atoms with van der Waals surface area (Å²) in [7, 11) is 4.84. The zero-order valence-electron chi connectivity index (χ0n) is 14.7. The van der Waals surface area contributed by atoms with E-state index >= 15 is 0 Å². The summed E-state index contributed by atoms with van der Waals surface area (Å²) in [6, 6.07) is 9.70. The molecule has 0 amide bonds. The van der Waals surface area contributed by atoms with Gasteiger partial charge in [-0.05, 0) is 60.3 Å². The van der Waals surface area contributed by atoms with Crippen LogP contribution in [0.4, 0.5) is 0 Å². The van der Waals surface area contributed by atoms with Crippen molar-refractivity contribution in [2.24, 2.45) is 0 Å². The van der Waals surface area contributed by atoms with Crippen molar-refractivity contribution in [3.8, 4) is 23.0 Å². The van der Waals surface area contributed by atoms with Crippen molar-refractivity contribution in [1.29, 1.82) is 0 Å². The number of benzene rings is 2. The molecule has 2 aromatic rings. The van der Waals surface area contributed by atoms with Gasteiger partial charge in [-0.1, -0.05) is 6.07 Å². The molecule has 5 nitrogen and oxygen atoms in total. The lowest BCUT2D eigenvalue weighted by atomic mass is 9.90. The van der Waals surface area contributed by atoms with Crippen LogP contribution >= 0.6 is 12.4 Å². The minimum atomic E-state index is 0. The Labute approximate surface area is 154 Å². The molecule has 1 aliphatic rings. The second-order valence-corrected chi connectivity index (χ2v) is 5.88. The number of halogens is 1. The average Bonchev–Trinajstić information content (AvgIpc) is 2.61. The summed E-state index contributed by atoms with van der Waals surface area (Å²) < 4.78 is 16.2. The van der Waals surface area contributed by atoms with Gasteiger partial charge >= 0.3 is 0 Å². The lowest BCUT2D eigenvalue weighted by Crippen LogP contribution is -2.31. The summed E-state index contributed by atoms with van der Waals surface area (Å²) in [6.07, 6.45) is 1.74. The Morgan fingerprint density at radius 1 is 1.04 bits per heavy atom. The monoisotopic (exact) mass is 365 g/mol. The maximum Gasteiger partial charge on any atom is 0.203 e. The summed E-state index contributed by atoms with van der Waals surface area (Å²) >= 11 is 0. The molecule has 0 saturated carbocycles. The summed E-state index contributed by atoms with van der Waals surface area (Å²) in [4.78, 5) is 0. The van der Waals surface area contributed by atoms with Gasteiger partial charge in [0.2, 0.25) is 5.75 Å². The van der Waals surface area contributed by atoms with E-state index in [0.29, 0.717) is 23.0 Å². The predicted octanol–water partition coefficient (Wildman–Crippen LogP) is 3.27. The van der Waals surface area contributed by atoms with E-state index in [2.05, 4.69) is 5.32 Å². The van der Waals surface area contributed by atoms with Crippen LogP contribution in [0.25, 0.3) is 0 Å². The largest absolute Gasteiger partial charge is 0.508 e. The highest BCUT2D eigenvalue weighted by Crippen LogP contribution is 2.39. The number of hydrogen-bond donors (Lipinski definition) is 2. The Hall–Kier alpha value is -2.11. The van der Waals surface area contributed by atoms with E-state index in [1.54, 1.807) is 27.4 Å². The maximum absolute atomic E-state index is 9.82. The molecular formula is C19H24ClNO4. The number of rotatable bonds is 5. The third kappa shape index (κ3) is 3.94. The summed E-state index contributed by atoms with van der Waals surface area (Å²) in [5, 5.41) is 13.4. The molecule has 2 aromatic carbocycles. The number of ether oxygens (including phenoxy) is 3. The molecule has 2 N–H and O–H groups in total. The number of methoxy groups -OCH3 is 3. The molecule has 0 fully saturated rings. The van der Waals surface area contributed by atoms with E-state index in [9.17, 15) is 5.11 Å². The lowest BCUT2D eigenvalue weighted by Gasteiger charge is -2.27. The van der Waals surface area contributed by atoms with Crippen LogP contribution in [0.3, 0.4) is 0 Å². The lowest BCUT2D eigenvalue weighted by molar-refractivity contribution is 0.323. The van der Waals surface area contributed by atoms with E-state index < -0.39 is 0 Å². The molecule has 1 heterocycles. The molecule has 1 aliphatic heterocycles. The molecule has 0 radical (unpaired) electrons. The molecule has 1 atom stereocenters. The van der Waals surface area contributed by atoms with Gasteiger partial charge in [0.1, 0.15) is 5.75 Å². The molecule has 136 valence electrons. The number of aromatic hydroxyl groups is 1. The molecule has 6 heteroatoms. The average molecular weight is 366 g/mol. The van der Waals surface area contributed by atoms with Gasteiger partial charge in [-0.25, -0.2) is 0 Å². The first-order valence-corrected chi connectivity index (χ1v) is 8.00.